The summed E-state index contributed by atoms with van der Waals surface area (Å²) in [7, 11) is 0. The minimum atomic E-state index is -0.711. The maximum Gasteiger partial charge on any atom is 0.220 e. The number of piperidine rings is 1. The molecule has 64 valence electrons. The lowest BCUT2D eigenvalue weighted by Gasteiger charge is -2.31. The lowest BCUT2D eigenvalue weighted by Crippen LogP contribution is -2.42. The van der Waals surface area contributed by atoms with Gasteiger partial charge in [-0.25, -0.2) is 0 Å². The van der Waals surface area contributed by atoms with E-state index < -0.39 is 5.60 Å². The van der Waals surface area contributed by atoms with Crippen molar-refractivity contribution in [3.05, 3.63) is 0 Å². The second-order valence-electron chi connectivity index (χ2n) is 3.69. The Morgan fingerprint density at radius 1 is 1.64 bits per heavy atom. The fourth-order valence-corrected chi connectivity index (χ4v) is 1.39. The molecule has 11 heavy (non-hydrogen) atoms. The maximum atomic E-state index is 10.9. The van der Waals surface area contributed by atoms with E-state index in [4.69, 9.17) is 0 Å². The second kappa shape index (κ2) is 2.81. The third kappa shape index (κ3) is 2.19. The molecule has 1 heterocycles. The first kappa shape index (κ1) is 8.53. The molecule has 1 fully saturated rings. The molecule has 3 nitrogen and oxygen atoms in total. The molecule has 0 aromatic carbocycles. The summed E-state index contributed by atoms with van der Waals surface area (Å²) in [6.07, 6.45) is 1.35. The van der Waals surface area contributed by atoms with Crippen molar-refractivity contribution in [1.82, 2.24) is 5.32 Å². The molecule has 0 radical (unpaired) electrons. The van der Waals surface area contributed by atoms with Crippen LogP contribution in [0, 0.1) is 5.92 Å². The van der Waals surface area contributed by atoms with E-state index in [1.807, 2.05) is 0 Å². The van der Waals surface area contributed by atoms with Crippen molar-refractivity contribution >= 4 is 5.91 Å². The molecule has 0 aromatic heterocycles. The van der Waals surface area contributed by atoms with Crippen molar-refractivity contribution in [3.8, 4) is 0 Å². The molecular weight excluding hydrogens is 142 g/mol. The Bertz CT molecular complexity index is 160. The van der Waals surface area contributed by atoms with Crippen LogP contribution in [0.2, 0.25) is 0 Å². The molecule has 0 aromatic rings. The molecule has 0 aliphatic carbocycles. The Morgan fingerprint density at radius 2 is 2.27 bits per heavy atom. The van der Waals surface area contributed by atoms with E-state index in [2.05, 4.69) is 5.32 Å². The van der Waals surface area contributed by atoms with Crippen molar-refractivity contribution in [2.75, 3.05) is 6.54 Å². The second-order valence-corrected chi connectivity index (χ2v) is 3.69. The van der Waals surface area contributed by atoms with Gasteiger partial charge in [0.05, 0.1) is 5.60 Å². The van der Waals surface area contributed by atoms with Crippen molar-refractivity contribution in [2.45, 2.75) is 32.3 Å². The first-order valence-electron chi connectivity index (χ1n) is 3.99. The predicted octanol–water partition coefficient (Wildman–Crippen LogP) is 0.283. The third-order valence-electron chi connectivity index (χ3n) is 2.25. The van der Waals surface area contributed by atoms with Crippen molar-refractivity contribution in [1.29, 1.82) is 0 Å². The maximum absolute atomic E-state index is 10.9. The number of carbonyl (C=O) groups is 1. The molecule has 0 bridgehead atoms. The largest absolute Gasteiger partial charge is 0.390 e. The molecule has 1 aliphatic heterocycles. The van der Waals surface area contributed by atoms with Crippen molar-refractivity contribution in [2.24, 2.45) is 5.92 Å². The Balaban J connectivity index is 2.53. The van der Waals surface area contributed by atoms with E-state index in [0.717, 1.165) is 6.42 Å². The van der Waals surface area contributed by atoms with E-state index in [0.29, 0.717) is 13.0 Å². The average molecular weight is 157 g/mol. The van der Waals surface area contributed by atoms with Crippen LogP contribution in [-0.4, -0.2) is 23.2 Å². The first-order valence-corrected chi connectivity index (χ1v) is 3.99. The van der Waals surface area contributed by atoms with Gasteiger partial charge in [0.25, 0.3) is 0 Å². The van der Waals surface area contributed by atoms with E-state index in [-0.39, 0.29) is 11.8 Å². The van der Waals surface area contributed by atoms with Gasteiger partial charge in [-0.1, -0.05) is 0 Å². The van der Waals surface area contributed by atoms with Crippen LogP contribution < -0.4 is 5.32 Å². The summed E-state index contributed by atoms with van der Waals surface area (Å²) in [6, 6.07) is 0. The van der Waals surface area contributed by atoms with Gasteiger partial charge < -0.3 is 10.4 Å². The zero-order chi connectivity index (χ0) is 8.48. The topological polar surface area (TPSA) is 49.3 Å². The summed E-state index contributed by atoms with van der Waals surface area (Å²) < 4.78 is 0. The van der Waals surface area contributed by atoms with Crippen LogP contribution >= 0.6 is 0 Å². The standard InChI is InChI=1S/C8H15NO2/c1-8(2,11)6-3-4-9-7(10)5-6/h6,11H,3-5H2,1-2H3,(H,9,10). The number of hydrogen-bond acceptors (Lipinski definition) is 2. The van der Waals surface area contributed by atoms with Gasteiger partial charge in [0.1, 0.15) is 0 Å². The zero-order valence-electron chi connectivity index (χ0n) is 7.05. The Hall–Kier alpha value is -0.570. The summed E-state index contributed by atoms with van der Waals surface area (Å²) in [6.45, 7) is 4.22. The lowest BCUT2D eigenvalue weighted by atomic mass is 9.83. The minimum Gasteiger partial charge on any atom is -0.390 e. The molecule has 3 heteroatoms. The van der Waals surface area contributed by atoms with E-state index in [1.54, 1.807) is 13.8 Å². The van der Waals surface area contributed by atoms with Gasteiger partial charge in [-0.3, -0.25) is 4.79 Å². The summed E-state index contributed by atoms with van der Waals surface area (Å²) in [5.74, 6) is 0.180. The van der Waals surface area contributed by atoms with Crippen LogP contribution in [-0.2, 0) is 4.79 Å². The number of amides is 1. The van der Waals surface area contributed by atoms with Crippen LogP contribution in [0.4, 0.5) is 0 Å². The SMILES string of the molecule is CC(C)(O)C1CCNC(=O)C1. The van der Waals surface area contributed by atoms with Gasteiger partial charge in [-0.2, -0.15) is 0 Å². The van der Waals surface area contributed by atoms with Gasteiger partial charge in [-0.05, 0) is 26.2 Å². The molecule has 1 aliphatic rings. The lowest BCUT2D eigenvalue weighted by molar-refractivity contribution is -0.126. The van der Waals surface area contributed by atoms with Crippen LogP contribution in [0.15, 0.2) is 0 Å². The fourth-order valence-electron chi connectivity index (χ4n) is 1.39. The smallest absolute Gasteiger partial charge is 0.220 e. The molecule has 2 N–H and O–H groups in total. The summed E-state index contributed by atoms with van der Waals surface area (Å²) in [4.78, 5) is 10.9. The average Bonchev–Trinajstić information content (AvgIpc) is 1.86. The van der Waals surface area contributed by atoms with Crippen LogP contribution in [0.25, 0.3) is 0 Å². The molecule has 1 unspecified atom stereocenters. The van der Waals surface area contributed by atoms with E-state index in [1.165, 1.54) is 0 Å². The summed E-state index contributed by atoms with van der Waals surface area (Å²) in [5.41, 5.74) is -0.711. The molecule has 1 saturated heterocycles. The van der Waals surface area contributed by atoms with Crippen molar-refractivity contribution in [3.63, 3.8) is 0 Å². The Kier molecular flexibility index (Phi) is 2.18. The number of hydrogen-bond donors (Lipinski definition) is 2. The van der Waals surface area contributed by atoms with Gasteiger partial charge in [0.2, 0.25) is 5.91 Å². The highest BCUT2D eigenvalue weighted by atomic mass is 16.3. The van der Waals surface area contributed by atoms with Gasteiger partial charge in [0.15, 0.2) is 0 Å². The third-order valence-corrected chi connectivity index (χ3v) is 2.25. The Labute approximate surface area is 66.8 Å². The number of aliphatic hydroxyl groups is 1. The van der Waals surface area contributed by atoms with E-state index >= 15 is 0 Å². The van der Waals surface area contributed by atoms with Crippen molar-refractivity contribution < 1.29 is 9.90 Å². The van der Waals surface area contributed by atoms with Crippen LogP contribution in [0.5, 0.6) is 0 Å². The van der Waals surface area contributed by atoms with Gasteiger partial charge in [-0.15, -0.1) is 0 Å². The Morgan fingerprint density at radius 3 is 2.64 bits per heavy atom. The summed E-state index contributed by atoms with van der Waals surface area (Å²) in [5, 5.41) is 12.3. The summed E-state index contributed by atoms with van der Waals surface area (Å²) >= 11 is 0. The molecule has 1 atom stereocenters. The molecule has 1 rings (SSSR count). The fraction of sp³-hybridized carbons (Fsp3) is 0.875. The van der Waals surface area contributed by atoms with E-state index in [9.17, 15) is 9.90 Å². The zero-order valence-corrected chi connectivity index (χ0v) is 7.05. The highest BCUT2D eigenvalue weighted by Gasteiger charge is 2.30. The van der Waals surface area contributed by atoms with Gasteiger partial charge >= 0.3 is 0 Å². The quantitative estimate of drug-likeness (QED) is 0.574. The number of carbonyl (C=O) groups excluding carboxylic acids is 1. The van der Waals surface area contributed by atoms with Gasteiger partial charge in [0, 0.05) is 13.0 Å². The predicted molar refractivity (Wildman–Crippen MR) is 42.0 cm³/mol. The molecular formula is C8H15NO2. The number of nitrogens with one attached hydrogen (secondary N) is 1. The first-order chi connectivity index (χ1) is 5.00. The molecule has 0 spiro atoms. The minimum absolute atomic E-state index is 0.0587. The van der Waals surface area contributed by atoms with Crippen LogP contribution in [0.3, 0.4) is 0 Å². The van der Waals surface area contributed by atoms with Crippen LogP contribution in [0.1, 0.15) is 26.7 Å². The highest BCUT2D eigenvalue weighted by molar-refractivity contribution is 5.77. The monoisotopic (exact) mass is 157 g/mol. The number of rotatable bonds is 1. The molecule has 1 amide bonds. The highest BCUT2D eigenvalue weighted by Crippen LogP contribution is 2.25. The normalized spacial score (nSPS) is 26.5. The molecule has 0 saturated carbocycles.